The van der Waals surface area contributed by atoms with E-state index < -0.39 is 0 Å². The van der Waals surface area contributed by atoms with Crippen LogP contribution in [0, 0.1) is 5.92 Å². The van der Waals surface area contributed by atoms with Gasteiger partial charge in [0.05, 0.1) is 0 Å². The maximum atomic E-state index is 4.14. The third kappa shape index (κ3) is 3.30. The standard InChI is InChI=1S/C15H25N3/c1-3-16-12-14-6-4-5-11-18(2)15(14)13-7-9-17-10-8-13/h7-10,14-16H,3-6,11-12H2,1-2H3. The van der Waals surface area contributed by atoms with Crippen molar-refractivity contribution < 1.29 is 0 Å². The Morgan fingerprint density at radius 2 is 2.11 bits per heavy atom. The maximum Gasteiger partial charge on any atom is 0.0386 e. The van der Waals surface area contributed by atoms with Crippen molar-refractivity contribution in [3.63, 3.8) is 0 Å². The number of rotatable bonds is 4. The molecule has 2 atom stereocenters. The van der Waals surface area contributed by atoms with E-state index in [1.807, 2.05) is 12.4 Å². The molecule has 0 radical (unpaired) electrons. The van der Waals surface area contributed by atoms with Crippen molar-refractivity contribution in [2.75, 3.05) is 26.7 Å². The van der Waals surface area contributed by atoms with Crippen LogP contribution in [0.5, 0.6) is 0 Å². The SMILES string of the molecule is CCNCC1CCCCN(C)C1c1ccncc1. The van der Waals surface area contributed by atoms with E-state index in [4.69, 9.17) is 0 Å². The average molecular weight is 247 g/mol. The van der Waals surface area contributed by atoms with E-state index in [9.17, 15) is 0 Å². The summed E-state index contributed by atoms with van der Waals surface area (Å²) in [5.41, 5.74) is 1.41. The van der Waals surface area contributed by atoms with E-state index in [1.54, 1.807) is 0 Å². The lowest BCUT2D eigenvalue weighted by atomic mass is 9.89. The van der Waals surface area contributed by atoms with Crippen molar-refractivity contribution in [1.82, 2.24) is 15.2 Å². The summed E-state index contributed by atoms with van der Waals surface area (Å²) in [6.45, 7) is 5.56. The van der Waals surface area contributed by atoms with Gasteiger partial charge in [0.2, 0.25) is 0 Å². The van der Waals surface area contributed by atoms with Gasteiger partial charge in [-0.2, -0.15) is 0 Å². The van der Waals surface area contributed by atoms with Gasteiger partial charge in [-0.15, -0.1) is 0 Å². The second kappa shape index (κ2) is 6.86. The van der Waals surface area contributed by atoms with Gasteiger partial charge in [-0.25, -0.2) is 0 Å². The number of likely N-dealkylation sites (tertiary alicyclic amines) is 1. The summed E-state index contributed by atoms with van der Waals surface area (Å²) in [6.07, 6.45) is 7.82. The van der Waals surface area contributed by atoms with Crippen molar-refractivity contribution in [3.8, 4) is 0 Å². The minimum atomic E-state index is 0.537. The van der Waals surface area contributed by atoms with Gasteiger partial charge >= 0.3 is 0 Å². The van der Waals surface area contributed by atoms with Crippen LogP contribution in [0.3, 0.4) is 0 Å². The fourth-order valence-electron chi connectivity index (χ4n) is 3.06. The minimum Gasteiger partial charge on any atom is -0.317 e. The highest BCUT2D eigenvalue weighted by atomic mass is 15.1. The summed E-state index contributed by atoms with van der Waals surface area (Å²) < 4.78 is 0. The van der Waals surface area contributed by atoms with E-state index >= 15 is 0 Å². The van der Waals surface area contributed by atoms with Crippen molar-refractivity contribution in [2.45, 2.75) is 32.2 Å². The molecule has 0 aromatic carbocycles. The molecule has 1 aromatic heterocycles. The molecule has 3 nitrogen and oxygen atoms in total. The van der Waals surface area contributed by atoms with Crippen LogP contribution in [0.25, 0.3) is 0 Å². The first-order valence-corrected chi connectivity index (χ1v) is 7.13. The topological polar surface area (TPSA) is 28.2 Å². The van der Waals surface area contributed by atoms with Crippen molar-refractivity contribution >= 4 is 0 Å². The summed E-state index contributed by atoms with van der Waals surface area (Å²) >= 11 is 0. The van der Waals surface area contributed by atoms with Gasteiger partial charge in [-0.3, -0.25) is 9.88 Å². The molecule has 100 valence electrons. The largest absolute Gasteiger partial charge is 0.317 e. The molecule has 1 aromatic rings. The summed E-state index contributed by atoms with van der Waals surface area (Å²) in [4.78, 5) is 6.66. The Labute approximate surface area is 111 Å². The number of nitrogens with one attached hydrogen (secondary N) is 1. The van der Waals surface area contributed by atoms with E-state index in [0.717, 1.165) is 13.1 Å². The first-order valence-electron chi connectivity index (χ1n) is 7.13. The third-order valence-corrected chi connectivity index (χ3v) is 3.96. The van der Waals surface area contributed by atoms with Crippen LogP contribution in [0.4, 0.5) is 0 Å². The Morgan fingerprint density at radius 1 is 1.33 bits per heavy atom. The molecule has 1 saturated heterocycles. The molecular weight excluding hydrogens is 222 g/mol. The van der Waals surface area contributed by atoms with Gasteiger partial charge in [-0.1, -0.05) is 13.3 Å². The van der Waals surface area contributed by atoms with Crippen LogP contribution >= 0.6 is 0 Å². The van der Waals surface area contributed by atoms with Crippen LogP contribution in [-0.2, 0) is 0 Å². The lowest BCUT2D eigenvalue weighted by molar-refractivity contribution is 0.189. The fourth-order valence-corrected chi connectivity index (χ4v) is 3.06. The molecular formula is C15H25N3. The van der Waals surface area contributed by atoms with Crippen molar-refractivity contribution in [3.05, 3.63) is 30.1 Å². The van der Waals surface area contributed by atoms with Gasteiger partial charge in [0.15, 0.2) is 0 Å². The highest BCUT2D eigenvalue weighted by Crippen LogP contribution is 2.33. The molecule has 2 unspecified atom stereocenters. The molecule has 0 spiro atoms. The molecule has 1 fully saturated rings. The molecule has 2 rings (SSSR count). The van der Waals surface area contributed by atoms with Crippen LogP contribution in [-0.4, -0.2) is 36.6 Å². The number of pyridine rings is 1. The number of nitrogens with zero attached hydrogens (tertiary/aromatic N) is 2. The second-order valence-electron chi connectivity index (χ2n) is 5.27. The molecule has 1 aliphatic rings. The molecule has 3 heteroatoms. The smallest absolute Gasteiger partial charge is 0.0386 e. The molecule has 1 N–H and O–H groups in total. The van der Waals surface area contributed by atoms with E-state index in [2.05, 4.69) is 41.3 Å². The van der Waals surface area contributed by atoms with Gasteiger partial charge in [0.25, 0.3) is 0 Å². The molecule has 0 aliphatic carbocycles. The molecule has 1 aliphatic heterocycles. The Morgan fingerprint density at radius 3 is 2.83 bits per heavy atom. The van der Waals surface area contributed by atoms with Crippen molar-refractivity contribution in [1.29, 1.82) is 0 Å². The summed E-state index contributed by atoms with van der Waals surface area (Å²) in [6, 6.07) is 4.88. The van der Waals surface area contributed by atoms with Gasteiger partial charge in [0, 0.05) is 18.4 Å². The number of hydrogen-bond acceptors (Lipinski definition) is 3. The molecule has 18 heavy (non-hydrogen) atoms. The fraction of sp³-hybridized carbons (Fsp3) is 0.667. The summed E-state index contributed by atoms with van der Waals surface area (Å²) in [5.74, 6) is 0.708. The highest BCUT2D eigenvalue weighted by molar-refractivity contribution is 5.16. The number of hydrogen-bond donors (Lipinski definition) is 1. The van der Waals surface area contributed by atoms with E-state index in [1.165, 1.54) is 31.4 Å². The first-order chi connectivity index (χ1) is 8.83. The normalized spacial score (nSPS) is 25.9. The van der Waals surface area contributed by atoms with Crippen LogP contribution < -0.4 is 5.32 Å². The quantitative estimate of drug-likeness (QED) is 0.886. The monoisotopic (exact) mass is 247 g/mol. The third-order valence-electron chi connectivity index (χ3n) is 3.96. The Balaban J connectivity index is 2.18. The Kier molecular flexibility index (Phi) is 5.14. The minimum absolute atomic E-state index is 0.537. The second-order valence-corrected chi connectivity index (χ2v) is 5.27. The van der Waals surface area contributed by atoms with Crippen LogP contribution in [0.1, 0.15) is 37.8 Å². The van der Waals surface area contributed by atoms with E-state index in [-0.39, 0.29) is 0 Å². The first kappa shape index (κ1) is 13.5. The molecule has 2 heterocycles. The van der Waals surface area contributed by atoms with Crippen LogP contribution in [0.15, 0.2) is 24.5 Å². The predicted molar refractivity (Wildman–Crippen MR) is 75.5 cm³/mol. The zero-order chi connectivity index (χ0) is 12.8. The highest BCUT2D eigenvalue weighted by Gasteiger charge is 2.28. The Hall–Kier alpha value is -0.930. The zero-order valence-corrected chi connectivity index (χ0v) is 11.6. The van der Waals surface area contributed by atoms with Gasteiger partial charge in [-0.05, 0) is 63.1 Å². The van der Waals surface area contributed by atoms with Gasteiger partial charge < -0.3 is 5.32 Å². The molecule has 0 saturated carbocycles. The lowest BCUT2D eigenvalue weighted by Gasteiger charge is -2.33. The Bertz CT molecular complexity index is 339. The zero-order valence-electron chi connectivity index (χ0n) is 11.6. The maximum absolute atomic E-state index is 4.14. The van der Waals surface area contributed by atoms with E-state index in [0.29, 0.717) is 12.0 Å². The summed E-state index contributed by atoms with van der Waals surface area (Å²) in [7, 11) is 2.26. The number of aromatic nitrogens is 1. The summed E-state index contributed by atoms with van der Waals surface area (Å²) in [5, 5.41) is 3.52. The molecule has 0 amide bonds. The van der Waals surface area contributed by atoms with Gasteiger partial charge in [0.1, 0.15) is 0 Å². The average Bonchev–Trinajstić information content (AvgIpc) is 2.59. The van der Waals surface area contributed by atoms with Crippen LogP contribution in [0.2, 0.25) is 0 Å². The lowest BCUT2D eigenvalue weighted by Crippen LogP contribution is -2.34. The molecule has 0 bridgehead atoms. The van der Waals surface area contributed by atoms with Crippen molar-refractivity contribution in [2.24, 2.45) is 5.92 Å². The predicted octanol–water partition coefficient (Wildman–Crippen LogP) is 2.46.